The molecule has 1 aromatic carbocycles. The van der Waals surface area contributed by atoms with Crippen LogP contribution >= 0.6 is 0 Å². The number of amides is 2. The molecule has 2 rings (SSSR count). The minimum absolute atomic E-state index is 0.0841. The van der Waals surface area contributed by atoms with E-state index in [-0.39, 0.29) is 23.9 Å². The lowest BCUT2D eigenvalue weighted by atomic mass is 10.1. The molecule has 1 atom stereocenters. The van der Waals surface area contributed by atoms with E-state index in [1.165, 1.54) is 12.1 Å². The van der Waals surface area contributed by atoms with E-state index in [0.717, 1.165) is 0 Å². The van der Waals surface area contributed by atoms with Gasteiger partial charge in [-0.2, -0.15) is 0 Å². The maximum Gasteiger partial charge on any atom is 0.229 e. The molecule has 3 N–H and O–H groups in total. The number of carbonyl (C=O) groups excluding carboxylic acids is 2. The molecule has 0 radical (unpaired) electrons. The van der Waals surface area contributed by atoms with Crippen molar-refractivity contribution in [2.45, 2.75) is 6.42 Å². The molecular formula is C13H16FN3O2. The molecule has 5 nitrogen and oxygen atoms in total. The summed E-state index contributed by atoms with van der Waals surface area (Å²) in [6, 6.07) is 5.95. The monoisotopic (exact) mass is 265 g/mol. The lowest BCUT2D eigenvalue weighted by molar-refractivity contribution is -0.128. The molecule has 0 aromatic heterocycles. The molecule has 2 amide bonds. The Balaban J connectivity index is 1.98. The maximum atomic E-state index is 13.4. The van der Waals surface area contributed by atoms with Gasteiger partial charge in [0.25, 0.3) is 0 Å². The molecule has 0 aliphatic carbocycles. The molecule has 19 heavy (non-hydrogen) atoms. The third-order valence-corrected chi connectivity index (χ3v) is 3.12. The molecule has 1 heterocycles. The van der Waals surface area contributed by atoms with Crippen molar-refractivity contribution >= 4 is 17.5 Å². The van der Waals surface area contributed by atoms with Crippen molar-refractivity contribution in [2.75, 3.05) is 25.0 Å². The van der Waals surface area contributed by atoms with Gasteiger partial charge in [0, 0.05) is 26.1 Å². The van der Waals surface area contributed by atoms with E-state index >= 15 is 0 Å². The van der Waals surface area contributed by atoms with Crippen molar-refractivity contribution in [1.82, 2.24) is 4.90 Å². The fourth-order valence-corrected chi connectivity index (χ4v) is 2.12. The zero-order valence-electron chi connectivity index (χ0n) is 10.4. The van der Waals surface area contributed by atoms with E-state index in [2.05, 4.69) is 5.32 Å². The molecule has 1 saturated heterocycles. The highest BCUT2D eigenvalue weighted by molar-refractivity contribution is 5.97. The highest BCUT2D eigenvalue weighted by atomic mass is 19.1. The van der Waals surface area contributed by atoms with Gasteiger partial charge in [-0.3, -0.25) is 9.59 Å². The fraction of sp³-hybridized carbons (Fsp3) is 0.385. The second-order valence-electron chi connectivity index (χ2n) is 4.50. The summed E-state index contributed by atoms with van der Waals surface area (Å²) in [5.41, 5.74) is 5.53. The van der Waals surface area contributed by atoms with Crippen molar-refractivity contribution in [2.24, 2.45) is 11.7 Å². The summed E-state index contributed by atoms with van der Waals surface area (Å²) in [7, 11) is 0. The van der Waals surface area contributed by atoms with Crippen molar-refractivity contribution in [3.63, 3.8) is 0 Å². The Labute approximate surface area is 110 Å². The van der Waals surface area contributed by atoms with Gasteiger partial charge >= 0.3 is 0 Å². The molecule has 0 spiro atoms. The van der Waals surface area contributed by atoms with Gasteiger partial charge in [-0.1, -0.05) is 12.1 Å². The van der Waals surface area contributed by atoms with Crippen molar-refractivity contribution in [3.8, 4) is 0 Å². The first kappa shape index (κ1) is 13.5. The largest absolute Gasteiger partial charge is 0.341 e. The van der Waals surface area contributed by atoms with Gasteiger partial charge in [-0.25, -0.2) is 4.39 Å². The normalized spacial score (nSPS) is 18.7. The predicted molar refractivity (Wildman–Crippen MR) is 68.8 cm³/mol. The smallest absolute Gasteiger partial charge is 0.229 e. The van der Waals surface area contributed by atoms with Gasteiger partial charge in [-0.05, 0) is 12.1 Å². The first-order valence-electron chi connectivity index (χ1n) is 6.15. The van der Waals surface area contributed by atoms with Crippen LogP contribution in [-0.2, 0) is 9.59 Å². The van der Waals surface area contributed by atoms with Gasteiger partial charge in [0.2, 0.25) is 11.8 Å². The summed E-state index contributed by atoms with van der Waals surface area (Å²) in [5.74, 6) is -1.35. The molecule has 0 bridgehead atoms. The summed E-state index contributed by atoms with van der Waals surface area (Å²) in [6.45, 7) is 1.16. The van der Waals surface area contributed by atoms with Crippen LogP contribution in [0.2, 0.25) is 0 Å². The Morgan fingerprint density at radius 1 is 1.47 bits per heavy atom. The average molecular weight is 265 g/mol. The third-order valence-electron chi connectivity index (χ3n) is 3.12. The number of halogens is 1. The highest BCUT2D eigenvalue weighted by Crippen LogP contribution is 2.20. The Hall–Kier alpha value is -1.95. The van der Waals surface area contributed by atoms with E-state index in [1.807, 2.05) is 0 Å². The van der Waals surface area contributed by atoms with E-state index in [4.69, 9.17) is 5.73 Å². The number of nitrogens with two attached hydrogens (primary N) is 1. The second kappa shape index (κ2) is 5.79. The topological polar surface area (TPSA) is 75.4 Å². The van der Waals surface area contributed by atoms with Crippen LogP contribution in [0.1, 0.15) is 6.42 Å². The Kier molecular flexibility index (Phi) is 4.11. The highest BCUT2D eigenvalue weighted by Gasteiger charge is 2.33. The molecular weight excluding hydrogens is 249 g/mol. The van der Waals surface area contributed by atoms with Crippen LogP contribution < -0.4 is 11.1 Å². The van der Waals surface area contributed by atoms with Crippen LogP contribution in [0.5, 0.6) is 0 Å². The molecule has 1 aliphatic rings. The first-order valence-corrected chi connectivity index (χ1v) is 6.15. The maximum absolute atomic E-state index is 13.4. The van der Waals surface area contributed by atoms with Crippen molar-refractivity contribution < 1.29 is 14.0 Å². The molecule has 102 valence electrons. The number of likely N-dealkylation sites (tertiary alicyclic amines) is 1. The van der Waals surface area contributed by atoms with Crippen molar-refractivity contribution in [1.29, 1.82) is 0 Å². The Morgan fingerprint density at radius 3 is 2.89 bits per heavy atom. The summed E-state index contributed by atoms with van der Waals surface area (Å²) >= 11 is 0. The van der Waals surface area contributed by atoms with Crippen LogP contribution in [0.4, 0.5) is 10.1 Å². The number of para-hydroxylation sites is 1. The van der Waals surface area contributed by atoms with Gasteiger partial charge in [0.15, 0.2) is 0 Å². The van der Waals surface area contributed by atoms with E-state index in [0.29, 0.717) is 19.6 Å². The summed E-state index contributed by atoms with van der Waals surface area (Å²) in [5, 5.41) is 2.51. The summed E-state index contributed by atoms with van der Waals surface area (Å²) in [6.07, 6.45) is 0.153. The fourth-order valence-electron chi connectivity index (χ4n) is 2.12. The summed E-state index contributed by atoms with van der Waals surface area (Å²) in [4.78, 5) is 25.2. The lowest BCUT2D eigenvalue weighted by Crippen LogP contribution is -2.32. The van der Waals surface area contributed by atoms with Crippen LogP contribution in [0.25, 0.3) is 0 Å². The standard InChI is InChI=1S/C13H16FN3O2/c14-10-3-1-2-4-11(10)16-13(19)9-7-12(18)17(8-9)6-5-15/h1-4,9H,5-8,15H2,(H,16,19). The number of carbonyl (C=O) groups is 2. The number of hydrogen-bond acceptors (Lipinski definition) is 3. The van der Waals surface area contributed by atoms with E-state index < -0.39 is 11.7 Å². The van der Waals surface area contributed by atoms with Crippen LogP contribution in [0, 0.1) is 11.7 Å². The first-order chi connectivity index (χ1) is 9.11. The van der Waals surface area contributed by atoms with Crippen LogP contribution in [0.15, 0.2) is 24.3 Å². The van der Waals surface area contributed by atoms with E-state index in [9.17, 15) is 14.0 Å². The average Bonchev–Trinajstić information content (AvgIpc) is 2.75. The molecule has 1 unspecified atom stereocenters. The van der Waals surface area contributed by atoms with Gasteiger partial charge in [0.1, 0.15) is 5.82 Å². The number of rotatable bonds is 4. The minimum atomic E-state index is -0.487. The minimum Gasteiger partial charge on any atom is -0.341 e. The Morgan fingerprint density at radius 2 is 2.21 bits per heavy atom. The number of hydrogen-bond donors (Lipinski definition) is 2. The lowest BCUT2D eigenvalue weighted by Gasteiger charge is -2.15. The Bertz CT molecular complexity index is 493. The number of nitrogens with one attached hydrogen (secondary N) is 1. The summed E-state index contributed by atoms with van der Waals surface area (Å²) < 4.78 is 13.4. The van der Waals surface area contributed by atoms with Crippen molar-refractivity contribution in [3.05, 3.63) is 30.1 Å². The van der Waals surface area contributed by atoms with Gasteiger partial charge < -0.3 is 16.0 Å². The van der Waals surface area contributed by atoms with Gasteiger partial charge in [-0.15, -0.1) is 0 Å². The molecule has 1 aromatic rings. The zero-order valence-corrected chi connectivity index (χ0v) is 10.4. The third kappa shape index (κ3) is 3.08. The molecule has 1 fully saturated rings. The van der Waals surface area contributed by atoms with Crippen LogP contribution in [-0.4, -0.2) is 36.3 Å². The number of benzene rings is 1. The second-order valence-corrected chi connectivity index (χ2v) is 4.50. The quantitative estimate of drug-likeness (QED) is 0.835. The predicted octanol–water partition coefficient (Wildman–Crippen LogP) is 0.571. The number of anilines is 1. The van der Waals surface area contributed by atoms with Crippen LogP contribution in [0.3, 0.4) is 0 Å². The molecule has 1 aliphatic heterocycles. The SMILES string of the molecule is NCCN1CC(C(=O)Nc2ccccc2F)CC1=O. The molecule has 0 saturated carbocycles. The van der Waals surface area contributed by atoms with Gasteiger partial charge in [0.05, 0.1) is 11.6 Å². The zero-order chi connectivity index (χ0) is 13.8. The number of nitrogens with zero attached hydrogens (tertiary/aromatic N) is 1. The molecule has 6 heteroatoms. The van der Waals surface area contributed by atoms with E-state index in [1.54, 1.807) is 17.0 Å².